The topological polar surface area (TPSA) is 54.9 Å². The third kappa shape index (κ3) is 6.41. The number of amides is 1. The van der Waals surface area contributed by atoms with Crippen LogP contribution in [0.5, 0.6) is 5.75 Å². The average molecular weight is 512 g/mol. The van der Waals surface area contributed by atoms with Gasteiger partial charge in [-0.2, -0.15) is 0 Å². The van der Waals surface area contributed by atoms with Gasteiger partial charge in [0.25, 0.3) is 5.91 Å². The number of rotatable bonds is 8. The molecule has 0 atom stereocenters. The lowest BCUT2D eigenvalue weighted by Crippen LogP contribution is -2.44. The normalized spacial score (nSPS) is 14.3. The van der Waals surface area contributed by atoms with Gasteiger partial charge >= 0.3 is 0 Å². The van der Waals surface area contributed by atoms with Crippen molar-refractivity contribution in [3.05, 3.63) is 53.6 Å². The number of morpholine rings is 1. The van der Waals surface area contributed by atoms with Crippen molar-refractivity contribution >= 4 is 45.0 Å². The van der Waals surface area contributed by atoms with Crippen LogP contribution in [0, 0.1) is 11.6 Å². The van der Waals surface area contributed by atoms with E-state index in [1.165, 1.54) is 16.5 Å². The van der Waals surface area contributed by atoms with E-state index in [9.17, 15) is 13.6 Å². The SMILES string of the molecule is CC(C)c1ccc(OCC(=O)N(CCN2CCOCC2)c2nc3c(F)cc(F)cc3s2)cc1.Cl. The molecular formula is C24H28ClF2N3O3S. The first kappa shape index (κ1) is 26.3. The Bertz CT molecular complexity index is 1100. The number of carbonyl (C=O) groups is 1. The highest BCUT2D eigenvalue weighted by molar-refractivity contribution is 7.22. The van der Waals surface area contributed by atoms with Crippen molar-refractivity contribution in [2.75, 3.05) is 50.9 Å². The van der Waals surface area contributed by atoms with Crippen LogP contribution in [0.4, 0.5) is 13.9 Å². The van der Waals surface area contributed by atoms with Crippen LogP contribution in [0.1, 0.15) is 25.3 Å². The van der Waals surface area contributed by atoms with E-state index in [0.29, 0.717) is 47.8 Å². The Morgan fingerprint density at radius 3 is 2.59 bits per heavy atom. The molecule has 1 amide bonds. The Hall–Kier alpha value is -2.33. The van der Waals surface area contributed by atoms with E-state index in [4.69, 9.17) is 9.47 Å². The molecule has 1 aliphatic rings. The molecule has 0 spiro atoms. The van der Waals surface area contributed by atoms with E-state index in [-0.39, 0.29) is 30.4 Å². The summed E-state index contributed by atoms with van der Waals surface area (Å²) in [5, 5.41) is 0.325. The van der Waals surface area contributed by atoms with Gasteiger partial charge in [-0.15, -0.1) is 12.4 Å². The van der Waals surface area contributed by atoms with Crippen LogP contribution >= 0.6 is 23.7 Å². The molecular weight excluding hydrogens is 484 g/mol. The first-order valence-corrected chi connectivity index (χ1v) is 11.8. The molecule has 6 nitrogen and oxygen atoms in total. The average Bonchev–Trinajstić information content (AvgIpc) is 3.23. The maximum Gasteiger partial charge on any atom is 0.266 e. The van der Waals surface area contributed by atoms with Crippen molar-refractivity contribution in [2.24, 2.45) is 0 Å². The van der Waals surface area contributed by atoms with Gasteiger partial charge in [0.2, 0.25) is 0 Å². The van der Waals surface area contributed by atoms with Gasteiger partial charge in [0.1, 0.15) is 17.1 Å². The molecule has 2 aromatic carbocycles. The molecule has 184 valence electrons. The highest BCUT2D eigenvalue weighted by Crippen LogP contribution is 2.31. The third-order valence-electron chi connectivity index (χ3n) is 5.59. The van der Waals surface area contributed by atoms with E-state index in [1.807, 2.05) is 24.3 Å². The van der Waals surface area contributed by atoms with Crippen molar-refractivity contribution in [3.63, 3.8) is 0 Å². The highest BCUT2D eigenvalue weighted by Gasteiger charge is 2.23. The summed E-state index contributed by atoms with van der Waals surface area (Å²) in [7, 11) is 0. The summed E-state index contributed by atoms with van der Waals surface area (Å²) in [6.07, 6.45) is 0. The fraction of sp³-hybridized carbons (Fsp3) is 0.417. The van der Waals surface area contributed by atoms with Gasteiger partial charge in [0.15, 0.2) is 17.6 Å². The Labute approximate surface area is 207 Å². The van der Waals surface area contributed by atoms with Crippen molar-refractivity contribution in [1.82, 2.24) is 9.88 Å². The molecule has 1 aliphatic heterocycles. The van der Waals surface area contributed by atoms with Gasteiger partial charge in [-0.05, 0) is 29.7 Å². The minimum atomic E-state index is -0.741. The van der Waals surface area contributed by atoms with E-state index >= 15 is 0 Å². The Morgan fingerprint density at radius 1 is 1.21 bits per heavy atom. The quantitative estimate of drug-likeness (QED) is 0.432. The number of anilines is 1. The van der Waals surface area contributed by atoms with Crippen LogP contribution in [-0.2, 0) is 9.53 Å². The Balaban J connectivity index is 0.00000324. The lowest BCUT2D eigenvalue weighted by Gasteiger charge is -2.29. The number of fused-ring (bicyclic) bond motifs is 1. The summed E-state index contributed by atoms with van der Waals surface area (Å²) < 4.78 is 39.4. The molecule has 1 fully saturated rings. The lowest BCUT2D eigenvalue weighted by atomic mass is 10.0. The molecule has 2 heterocycles. The number of hydrogen-bond donors (Lipinski definition) is 0. The van der Waals surface area contributed by atoms with Crippen LogP contribution < -0.4 is 9.64 Å². The Kier molecular flexibility index (Phi) is 9.18. The predicted octanol–water partition coefficient (Wildman–Crippen LogP) is 4.86. The minimum Gasteiger partial charge on any atom is -0.484 e. The number of carbonyl (C=O) groups excluding carboxylic acids is 1. The maximum atomic E-state index is 14.2. The molecule has 0 radical (unpaired) electrons. The Morgan fingerprint density at radius 2 is 1.91 bits per heavy atom. The fourth-order valence-electron chi connectivity index (χ4n) is 3.63. The van der Waals surface area contributed by atoms with Crippen molar-refractivity contribution in [1.29, 1.82) is 0 Å². The van der Waals surface area contributed by atoms with E-state index in [2.05, 4.69) is 23.7 Å². The molecule has 0 aliphatic carbocycles. The van der Waals surface area contributed by atoms with Crippen LogP contribution in [0.15, 0.2) is 36.4 Å². The number of halogens is 3. The molecule has 34 heavy (non-hydrogen) atoms. The second kappa shape index (κ2) is 11.9. The predicted molar refractivity (Wildman–Crippen MR) is 132 cm³/mol. The summed E-state index contributed by atoms with van der Waals surface area (Å²) in [6.45, 7) is 7.86. The molecule has 1 aromatic heterocycles. The molecule has 0 N–H and O–H groups in total. The van der Waals surface area contributed by atoms with E-state index in [1.54, 1.807) is 0 Å². The standard InChI is InChI=1S/C24H27F2N3O3S.ClH/c1-16(2)17-3-5-19(6-4-17)32-15-22(30)29(8-7-28-9-11-31-12-10-28)24-27-23-20(26)13-18(25)14-21(23)33-24;/h3-6,13-14,16H,7-12,15H2,1-2H3;1H. The van der Waals surface area contributed by atoms with E-state index < -0.39 is 11.6 Å². The first-order chi connectivity index (χ1) is 15.9. The largest absolute Gasteiger partial charge is 0.484 e. The van der Waals surface area contributed by atoms with Gasteiger partial charge in [-0.1, -0.05) is 37.3 Å². The minimum absolute atomic E-state index is 0. The number of ether oxygens (including phenoxy) is 2. The molecule has 3 aromatic rings. The van der Waals surface area contributed by atoms with Gasteiger partial charge in [-0.25, -0.2) is 13.8 Å². The van der Waals surface area contributed by atoms with Gasteiger partial charge in [0, 0.05) is 32.2 Å². The molecule has 0 saturated carbocycles. The number of aromatic nitrogens is 1. The molecule has 0 unspecified atom stereocenters. The second-order valence-electron chi connectivity index (χ2n) is 8.24. The number of thiazole rings is 1. The smallest absolute Gasteiger partial charge is 0.266 e. The maximum absolute atomic E-state index is 14.2. The summed E-state index contributed by atoms with van der Waals surface area (Å²) in [6, 6.07) is 9.68. The van der Waals surface area contributed by atoms with Gasteiger partial charge in [-0.3, -0.25) is 14.6 Å². The lowest BCUT2D eigenvalue weighted by molar-refractivity contribution is -0.120. The summed E-state index contributed by atoms with van der Waals surface area (Å²) in [4.78, 5) is 21.2. The zero-order valence-electron chi connectivity index (χ0n) is 19.1. The number of nitrogens with zero attached hydrogens (tertiary/aromatic N) is 3. The zero-order chi connectivity index (χ0) is 23.4. The molecule has 10 heteroatoms. The van der Waals surface area contributed by atoms with Crippen LogP contribution in [-0.4, -0.2) is 61.8 Å². The van der Waals surface area contributed by atoms with E-state index in [0.717, 1.165) is 30.5 Å². The summed E-state index contributed by atoms with van der Waals surface area (Å²) in [5.41, 5.74) is 1.25. The van der Waals surface area contributed by atoms with Crippen molar-refractivity contribution < 1.29 is 23.0 Å². The summed E-state index contributed by atoms with van der Waals surface area (Å²) in [5.74, 6) is -0.709. The zero-order valence-corrected chi connectivity index (χ0v) is 20.8. The van der Waals surface area contributed by atoms with Crippen molar-refractivity contribution in [2.45, 2.75) is 19.8 Å². The fourth-order valence-corrected chi connectivity index (χ4v) is 4.67. The van der Waals surface area contributed by atoms with Crippen molar-refractivity contribution in [3.8, 4) is 5.75 Å². The van der Waals surface area contributed by atoms with Crippen LogP contribution in [0.3, 0.4) is 0 Å². The number of hydrogen-bond acceptors (Lipinski definition) is 6. The van der Waals surface area contributed by atoms with Gasteiger partial charge in [0.05, 0.1) is 17.9 Å². The molecule has 0 bridgehead atoms. The second-order valence-corrected chi connectivity index (χ2v) is 9.25. The number of benzene rings is 2. The summed E-state index contributed by atoms with van der Waals surface area (Å²) >= 11 is 1.09. The third-order valence-corrected chi connectivity index (χ3v) is 6.61. The highest BCUT2D eigenvalue weighted by atomic mass is 35.5. The van der Waals surface area contributed by atoms with Crippen LogP contribution in [0.25, 0.3) is 10.2 Å². The monoisotopic (exact) mass is 511 g/mol. The van der Waals surface area contributed by atoms with Gasteiger partial charge < -0.3 is 9.47 Å². The first-order valence-electron chi connectivity index (χ1n) is 11.0. The molecule has 4 rings (SSSR count). The molecule has 1 saturated heterocycles. The van der Waals surface area contributed by atoms with Crippen LogP contribution in [0.2, 0.25) is 0 Å².